The number of halogens is 1. The van der Waals surface area contributed by atoms with Gasteiger partial charge in [-0.25, -0.2) is 4.98 Å². The molecule has 0 atom stereocenters. The molecule has 3 rings (SSSR count). The molecule has 0 saturated heterocycles. The first-order valence-corrected chi connectivity index (χ1v) is 8.44. The van der Waals surface area contributed by atoms with E-state index in [4.69, 9.17) is 9.47 Å². The van der Waals surface area contributed by atoms with Gasteiger partial charge in [0.15, 0.2) is 0 Å². The fraction of sp³-hybridized carbons (Fsp3) is 0.188. The molecule has 3 nitrogen and oxygen atoms in total. The highest BCUT2D eigenvalue weighted by atomic mass is 79.9. The topological polar surface area (TPSA) is 31.4 Å². The van der Waals surface area contributed by atoms with Crippen LogP contribution in [0.1, 0.15) is 10.6 Å². The Bertz CT molecular complexity index is 724. The summed E-state index contributed by atoms with van der Waals surface area (Å²) in [7, 11) is 1.65. The van der Waals surface area contributed by atoms with E-state index in [0.29, 0.717) is 6.61 Å². The Morgan fingerprint density at radius 1 is 1.19 bits per heavy atom. The number of ether oxygens (including phenoxy) is 2. The van der Waals surface area contributed by atoms with Gasteiger partial charge in [0.1, 0.15) is 23.1 Å². The third kappa shape index (κ3) is 3.19. The van der Waals surface area contributed by atoms with Crippen LogP contribution in [0.25, 0.3) is 10.2 Å². The number of fused-ring (bicyclic) bond motifs is 1. The van der Waals surface area contributed by atoms with Gasteiger partial charge in [-0.2, -0.15) is 0 Å². The Hall–Kier alpha value is -1.59. The van der Waals surface area contributed by atoms with Gasteiger partial charge in [-0.1, -0.05) is 34.1 Å². The van der Waals surface area contributed by atoms with E-state index in [9.17, 15) is 0 Å². The van der Waals surface area contributed by atoms with E-state index in [0.717, 1.165) is 32.9 Å². The fourth-order valence-electron chi connectivity index (χ4n) is 2.03. The minimum Gasteiger partial charge on any atom is -0.497 e. The first-order valence-electron chi connectivity index (χ1n) is 6.50. The summed E-state index contributed by atoms with van der Waals surface area (Å²) in [5, 5.41) is 1.71. The van der Waals surface area contributed by atoms with E-state index in [1.807, 2.05) is 36.4 Å². The first-order chi connectivity index (χ1) is 10.3. The number of hydrogen-bond donors (Lipinski definition) is 0. The molecule has 0 fully saturated rings. The highest BCUT2D eigenvalue weighted by Gasteiger charge is 2.08. The fourth-order valence-corrected chi connectivity index (χ4v) is 3.37. The normalized spacial score (nSPS) is 10.8. The van der Waals surface area contributed by atoms with Crippen molar-refractivity contribution in [3.8, 4) is 11.5 Å². The Morgan fingerprint density at radius 3 is 2.81 bits per heavy atom. The molecule has 5 heteroatoms. The van der Waals surface area contributed by atoms with Crippen LogP contribution in [0.3, 0.4) is 0 Å². The van der Waals surface area contributed by atoms with Gasteiger partial charge in [0.25, 0.3) is 0 Å². The summed E-state index contributed by atoms with van der Waals surface area (Å²) < 4.78 is 12.4. The molecule has 0 aliphatic carbocycles. The van der Waals surface area contributed by atoms with Crippen LogP contribution in [-0.2, 0) is 11.9 Å². The molecule has 21 heavy (non-hydrogen) atoms. The number of alkyl halides is 1. The summed E-state index contributed by atoms with van der Waals surface area (Å²) >= 11 is 5.14. The largest absolute Gasteiger partial charge is 0.497 e. The van der Waals surface area contributed by atoms with Crippen LogP contribution in [0, 0.1) is 0 Å². The average Bonchev–Trinajstić information content (AvgIpc) is 2.95. The number of rotatable bonds is 5. The maximum Gasteiger partial charge on any atom is 0.140 e. The highest BCUT2D eigenvalue weighted by Crippen LogP contribution is 2.28. The second kappa shape index (κ2) is 6.45. The van der Waals surface area contributed by atoms with Gasteiger partial charge in [0, 0.05) is 17.0 Å². The van der Waals surface area contributed by atoms with Gasteiger partial charge in [0.05, 0.1) is 17.3 Å². The van der Waals surface area contributed by atoms with Gasteiger partial charge >= 0.3 is 0 Å². The maximum absolute atomic E-state index is 5.92. The minimum atomic E-state index is 0.465. The van der Waals surface area contributed by atoms with Gasteiger partial charge in [-0.05, 0) is 18.2 Å². The van der Waals surface area contributed by atoms with Crippen LogP contribution in [0.5, 0.6) is 11.5 Å². The van der Waals surface area contributed by atoms with Crippen molar-refractivity contribution >= 4 is 37.5 Å². The summed E-state index contributed by atoms with van der Waals surface area (Å²) in [5.74, 6) is 1.62. The number of benzene rings is 2. The standard InChI is InChI=1S/C16H14BrNO2S/c1-19-12-7-6-11(9-17)14(8-12)20-10-16-18-13-4-2-3-5-15(13)21-16/h2-8H,9-10H2,1H3. The van der Waals surface area contributed by atoms with Crippen molar-refractivity contribution in [1.82, 2.24) is 4.98 Å². The van der Waals surface area contributed by atoms with Crippen molar-refractivity contribution in [2.75, 3.05) is 7.11 Å². The summed E-state index contributed by atoms with van der Waals surface area (Å²) in [6.45, 7) is 0.465. The van der Waals surface area contributed by atoms with Crippen LogP contribution in [0.15, 0.2) is 42.5 Å². The number of nitrogens with zero attached hydrogens (tertiary/aromatic N) is 1. The molecule has 0 amide bonds. The SMILES string of the molecule is COc1ccc(CBr)c(OCc2nc3ccccc3s2)c1. The Labute approximate surface area is 135 Å². The second-order valence-electron chi connectivity index (χ2n) is 4.47. The zero-order valence-corrected chi connectivity index (χ0v) is 13.9. The highest BCUT2D eigenvalue weighted by molar-refractivity contribution is 9.08. The lowest BCUT2D eigenvalue weighted by Crippen LogP contribution is -1.98. The second-order valence-corrected chi connectivity index (χ2v) is 6.15. The van der Waals surface area contributed by atoms with Gasteiger partial charge < -0.3 is 9.47 Å². The van der Waals surface area contributed by atoms with Crippen molar-refractivity contribution in [1.29, 1.82) is 0 Å². The van der Waals surface area contributed by atoms with E-state index in [1.54, 1.807) is 18.4 Å². The molecule has 1 aromatic heterocycles. The van der Waals surface area contributed by atoms with E-state index in [1.165, 1.54) is 4.70 Å². The molecule has 3 aromatic rings. The van der Waals surface area contributed by atoms with E-state index in [2.05, 4.69) is 27.0 Å². The van der Waals surface area contributed by atoms with Crippen LogP contribution in [-0.4, -0.2) is 12.1 Å². The van der Waals surface area contributed by atoms with Crippen LogP contribution < -0.4 is 9.47 Å². The summed E-state index contributed by atoms with van der Waals surface area (Å²) in [4.78, 5) is 4.58. The summed E-state index contributed by atoms with van der Waals surface area (Å²) in [6.07, 6.45) is 0. The number of hydrogen-bond acceptors (Lipinski definition) is 4. The Balaban J connectivity index is 1.80. The lowest BCUT2D eigenvalue weighted by atomic mass is 10.2. The number of para-hydroxylation sites is 1. The molecule has 0 spiro atoms. The molecule has 108 valence electrons. The predicted molar refractivity (Wildman–Crippen MR) is 89.6 cm³/mol. The molecular weight excluding hydrogens is 350 g/mol. The van der Waals surface area contributed by atoms with Crippen LogP contribution in [0.4, 0.5) is 0 Å². The first kappa shape index (κ1) is 14.4. The molecule has 0 radical (unpaired) electrons. The molecular formula is C16H14BrNO2S. The average molecular weight is 364 g/mol. The minimum absolute atomic E-state index is 0.465. The third-order valence-corrected chi connectivity index (χ3v) is 4.72. The number of methoxy groups -OCH3 is 1. The summed E-state index contributed by atoms with van der Waals surface area (Å²) in [5.41, 5.74) is 2.12. The number of thiazole rings is 1. The molecule has 1 heterocycles. The van der Waals surface area contributed by atoms with Gasteiger partial charge in [-0.15, -0.1) is 11.3 Å². The van der Waals surface area contributed by atoms with Crippen LogP contribution >= 0.6 is 27.3 Å². The molecule has 0 N–H and O–H groups in total. The van der Waals surface area contributed by atoms with Crippen molar-refractivity contribution in [3.63, 3.8) is 0 Å². The Kier molecular flexibility index (Phi) is 4.41. The molecule has 2 aromatic carbocycles. The molecule has 0 unspecified atom stereocenters. The van der Waals surface area contributed by atoms with Crippen LogP contribution in [0.2, 0.25) is 0 Å². The monoisotopic (exact) mass is 363 g/mol. The van der Waals surface area contributed by atoms with Crippen molar-refractivity contribution in [2.24, 2.45) is 0 Å². The predicted octanol–water partition coefficient (Wildman–Crippen LogP) is 4.78. The lowest BCUT2D eigenvalue weighted by Gasteiger charge is -2.10. The number of aromatic nitrogens is 1. The van der Waals surface area contributed by atoms with E-state index in [-0.39, 0.29) is 0 Å². The molecule has 0 bridgehead atoms. The third-order valence-electron chi connectivity index (χ3n) is 3.11. The quantitative estimate of drug-likeness (QED) is 0.611. The lowest BCUT2D eigenvalue weighted by molar-refractivity contribution is 0.301. The van der Waals surface area contributed by atoms with Crippen molar-refractivity contribution in [3.05, 3.63) is 53.0 Å². The molecule has 0 aliphatic rings. The molecule has 0 saturated carbocycles. The van der Waals surface area contributed by atoms with Gasteiger partial charge in [-0.3, -0.25) is 0 Å². The molecule has 0 aliphatic heterocycles. The summed E-state index contributed by atoms with van der Waals surface area (Å²) in [6, 6.07) is 14.0. The Morgan fingerprint density at radius 2 is 2.05 bits per heavy atom. The zero-order valence-electron chi connectivity index (χ0n) is 11.5. The van der Waals surface area contributed by atoms with Crippen molar-refractivity contribution < 1.29 is 9.47 Å². The van der Waals surface area contributed by atoms with Gasteiger partial charge in [0.2, 0.25) is 0 Å². The van der Waals surface area contributed by atoms with E-state index < -0.39 is 0 Å². The van der Waals surface area contributed by atoms with E-state index >= 15 is 0 Å². The smallest absolute Gasteiger partial charge is 0.140 e. The van der Waals surface area contributed by atoms with Crippen molar-refractivity contribution in [2.45, 2.75) is 11.9 Å². The maximum atomic E-state index is 5.92. The zero-order chi connectivity index (χ0) is 14.7.